The minimum Gasteiger partial charge on any atom is -0.486 e. The van der Waals surface area contributed by atoms with Gasteiger partial charge in [0.25, 0.3) is 0 Å². The molecule has 0 heterocycles. The summed E-state index contributed by atoms with van der Waals surface area (Å²) in [6.45, 7) is 7.79. The van der Waals surface area contributed by atoms with Gasteiger partial charge in [-0.15, -0.1) is 0 Å². The third-order valence-corrected chi connectivity index (χ3v) is 2.75. The molecule has 18 heavy (non-hydrogen) atoms. The summed E-state index contributed by atoms with van der Waals surface area (Å²) in [7, 11) is 1.71. The summed E-state index contributed by atoms with van der Waals surface area (Å²) in [5.41, 5.74) is 1.24. The van der Waals surface area contributed by atoms with Gasteiger partial charge >= 0.3 is 0 Å². The molecule has 1 rings (SSSR count). The Morgan fingerprint density at radius 3 is 2.56 bits per heavy atom. The number of para-hydroxylation sites is 1. The highest BCUT2D eigenvalue weighted by Crippen LogP contribution is 2.19. The van der Waals surface area contributed by atoms with Crippen LogP contribution in [0.15, 0.2) is 24.3 Å². The number of rotatable bonds is 8. The minimum atomic E-state index is 0.0464. The van der Waals surface area contributed by atoms with Crippen LogP contribution in [-0.2, 0) is 11.2 Å². The van der Waals surface area contributed by atoms with Crippen molar-refractivity contribution >= 4 is 0 Å². The maximum absolute atomic E-state index is 6.04. The quantitative estimate of drug-likeness (QED) is 0.770. The zero-order valence-electron chi connectivity index (χ0n) is 11.9. The summed E-state index contributed by atoms with van der Waals surface area (Å²) in [5.74, 6) is 0.965. The monoisotopic (exact) mass is 251 g/mol. The van der Waals surface area contributed by atoms with Crippen molar-refractivity contribution in [1.82, 2.24) is 5.32 Å². The summed E-state index contributed by atoms with van der Waals surface area (Å²) in [6.07, 6.45) is 1.03. The van der Waals surface area contributed by atoms with Gasteiger partial charge in [0, 0.05) is 19.7 Å². The molecule has 1 aromatic rings. The van der Waals surface area contributed by atoms with E-state index in [1.54, 1.807) is 7.11 Å². The van der Waals surface area contributed by atoms with Gasteiger partial charge in [-0.25, -0.2) is 0 Å². The molecule has 0 aliphatic heterocycles. The van der Waals surface area contributed by atoms with Gasteiger partial charge in [0.05, 0.1) is 6.61 Å². The van der Waals surface area contributed by atoms with Gasteiger partial charge in [0.2, 0.25) is 0 Å². The van der Waals surface area contributed by atoms with Crippen LogP contribution in [0, 0.1) is 0 Å². The van der Waals surface area contributed by atoms with Gasteiger partial charge in [-0.05, 0) is 18.1 Å². The molecule has 1 N–H and O–H groups in total. The number of aryl methyl sites for hydroxylation is 1. The molecule has 1 unspecified atom stereocenters. The Morgan fingerprint density at radius 2 is 1.94 bits per heavy atom. The van der Waals surface area contributed by atoms with Crippen LogP contribution < -0.4 is 10.1 Å². The van der Waals surface area contributed by atoms with E-state index < -0.39 is 0 Å². The Balaban J connectivity index is 2.63. The Hall–Kier alpha value is -1.06. The summed E-state index contributed by atoms with van der Waals surface area (Å²) >= 11 is 0. The first kappa shape index (κ1) is 15.0. The van der Waals surface area contributed by atoms with Crippen LogP contribution in [0.1, 0.15) is 26.3 Å². The van der Waals surface area contributed by atoms with E-state index in [-0.39, 0.29) is 6.10 Å². The Bertz CT molecular complexity index is 339. The normalized spacial score (nSPS) is 12.7. The van der Waals surface area contributed by atoms with Gasteiger partial charge in [-0.3, -0.25) is 0 Å². The van der Waals surface area contributed by atoms with Crippen molar-refractivity contribution in [2.75, 3.05) is 20.3 Å². The average molecular weight is 251 g/mol. The second-order valence-corrected chi connectivity index (χ2v) is 4.72. The van der Waals surface area contributed by atoms with Crippen LogP contribution in [0.5, 0.6) is 5.75 Å². The van der Waals surface area contributed by atoms with Gasteiger partial charge in [0.15, 0.2) is 0 Å². The number of nitrogens with one attached hydrogen (secondary N) is 1. The first-order chi connectivity index (χ1) is 8.67. The molecular formula is C15H25NO2. The predicted octanol–water partition coefficient (Wildman–Crippen LogP) is 2.64. The molecule has 102 valence electrons. The lowest BCUT2D eigenvalue weighted by Crippen LogP contribution is -2.38. The third-order valence-electron chi connectivity index (χ3n) is 2.75. The maximum atomic E-state index is 6.04. The van der Waals surface area contributed by atoms with E-state index in [1.165, 1.54) is 5.56 Å². The van der Waals surface area contributed by atoms with E-state index in [1.807, 2.05) is 18.2 Å². The minimum absolute atomic E-state index is 0.0464. The van der Waals surface area contributed by atoms with Crippen molar-refractivity contribution in [2.45, 2.75) is 39.3 Å². The van der Waals surface area contributed by atoms with Gasteiger partial charge < -0.3 is 14.8 Å². The van der Waals surface area contributed by atoms with Crippen molar-refractivity contribution < 1.29 is 9.47 Å². The first-order valence-electron chi connectivity index (χ1n) is 6.64. The molecule has 0 fully saturated rings. The number of hydrogen-bond acceptors (Lipinski definition) is 3. The molecule has 3 heteroatoms. The van der Waals surface area contributed by atoms with Crippen molar-refractivity contribution in [1.29, 1.82) is 0 Å². The topological polar surface area (TPSA) is 30.5 Å². The van der Waals surface area contributed by atoms with Crippen molar-refractivity contribution in [3.05, 3.63) is 29.8 Å². The highest BCUT2D eigenvalue weighted by atomic mass is 16.5. The molecule has 0 saturated carbocycles. The summed E-state index contributed by atoms with van der Waals surface area (Å²) in [6, 6.07) is 8.64. The van der Waals surface area contributed by atoms with Gasteiger partial charge in [0.1, 0.15) is 11.9 Å². The number of benzene rings is 1. The predicted molar refractivity (Wildman–Crippen MR) is 75.3 cm³/mol. The second kappa shape index (κ2) is 8.11. The lowest BCUT2D eigenvalue weighted by atomic mass is 10.1. The molecule has 0 radical (unpaired) electrons. The standard InChI is InChI=1S/C15H25NO2/c1-5-13-8-6-7-9-15(13)18-14(11-17-4)10-16-12(2)3/h6-9,12,14,16H,5,10-11H2,1-4H3. The Kier molecular flexibility index (Phi) is 6.76. The van der Waals surface area contributed by atoms with E-state index >= 15 is 0 Å². The van der Waals surface area contributed by atoms with Crippen LogP contribution in [-0.4, -0.2) is 32.4 Å². The van der Waals surface area contributed by atoms with Crippen LogP contribution >= 0.6 is 0 Å². The highest BCUT2D eigenvalue weighted by molar-refractivity contribution is 5.33. The SMILES string of the molecule is CCc1ccccc1OC(CNC(C)C)COC. The zero-order valence-corrected chi connectivity index (χ0v) is 11.9. The molecule has 1 aromatic carbocycles. The largest absolute Gasteiger partial charge is 0.486 e. The van der Waals surface area contributed by atoms with Crippen LogP contribution in [0.4, 0.5) is 0 Å². The molecule has 0 aliphatic rings. The van der Waals surface area contributed by atoms with E-state index in [0.717, 1.165) is 18.7 Å². The molecule has 0 saturated heterocycles. The molecule has 0 bridgehead atoms. The summed E-state index contributed by atoms with van der Waals surface area (Å²) in [4.78, 5) is 0. The second-order valence-electron chi connectivity index (χ2n) is 4.72. The summed E-state index contributed by atoms with van der Waals surface area (Å²) < 4.78 is 11.3. The number of ether oxygens (including phenoxy) is 2. The van der Waals surface area contributed by atoms with Crippen molar-refractivity contribution in [3.8, 4) is 5.75 Å². The average Bonchev–Trinajstić information content (AvgIpc) is 2.37. The molecule has 1 atom stereocenters. The molecule has 0 aliphatic carbocycles. The zero-order chi connectivity index (χ0) is 13.4. The molecule has 0 amide bonds. The third kappa shape index (κ3) is 5.07. The van der Waals surface area contributed by atoms with Crippen molar-refractivity contribution in [2.24, 2.45) is 0 Å². The van der Waals surface area contributed by atoms with Crippen LogP contribution in [0.3, 0.4) is 0 Å². The lowest BCUT2D eigenvalue weighted by Gasteiger charge is -2.21. The Labute approximate surface area is 110 Å². The Morgan fingerprint density at radius 1 is 1.22 bits per heavy atom. The fourth-order valence-corrected chi connectivity index (χ4v) is 1.78. The van der Waals surface area contributed by atoms with E-state index in [4.69, 9.17) is 9.47 Å². The maximum Gasteiger partial charge on any atom is 0.134 e. The number of methoxy groups -OCH3 is 1. The first-order valence-corrected chi connectivity index (χ1v) is 6.64. The van der Waals surface area contributed by atoms with Gasteiger partial charge in [-0.2, -0.15) is 0 Å². The highest BCUT2D eigenvalue weighted by Gasteiger charge is 2.12. The fourth-order valence-electron chi connectivity index (χ4n) is 1.78. The van der Waals surface area contributed by atoms with Gasteiger partial charge in [-0.1, -0.05) is 39.0 Å². The molecular weight excluding hydrogens is 226 g/mol. The van der Waals surface area contributed by atoms with Crippen molar-refractivity contribution in [3.63, 3.8) is 0 Å². The molecule has 3 nitrogen and oxygen atoms in total. The fraction of sp³-hybridized carbons (Fsp3) is 0.600. The number of hydrogen-bond donors (Lipinski definition) is 1. The summed E-state index contributed by atoms with van der Waals surface area (Å²) in [5, 5.41) is 3.38. The van der Waals surface area contributed by atoms with E-state index in [0.29, 0.717) is 12.6 Å². The smallest absolute Gasteiger partial charge is 0.134 e. The molecule has 0 aromatic heterocycles. The van der Waals surface area contributed by atoms with Crippen LogP contribution in [0.2, 0.25) is 0 Å². The molecule has 0 spiro atoms. The van der Waals surface area contributed by atoms with E-state index in [9.17, 15) is 0 Å². The lowest BCUT2D eigenvalue weighted by molar-refractivity contribution is 0.0788. The van der Waals surface area contributed by atoms with E-state index in [2.05, 4.69) is 32.2 Å². The van der Waals surface area contributed by atoms with Crippen LogP contribution in [0.25, 0.3) is 0 Å².